The van der Waals surface area contributed by atoms with Crippen molar-refractivity contribution in [3.63, 3.8) is 0 Å². The van der Waals surface area contributed by atoms with Crippen LogP contribution < -0.4 is 5.32 Å². The molecule has 0 atom stereocenters. The van der Waals surface area contributed by atoms with Crippen LogP contribution in [0.5, 0.6) is 5.75 Å². The summed E-state index contributed by atoms with van der Waals surface area (Å²) < 4.78 is 1.77. The smallest absolute Gasteiger partial charge is 0.183 e. The van der Waals surface area contributed by atoms with Gasteiger partial charge in [0, 0.05) is 29.2 Å². The molecule has 26 heavy (non-hydrogen) atoms. The number of phenolic OH excluding ortho intramolecular Hbond substituents is 1. The average molecular weight is 362 g/mol. The number of fused-ring (bicyclic) bond motifs is 1. The van der Waals surface area contributed by atoms with Gasteiger partial charge in [-0.15, -0.1) is 0 Å². The summed E-state index contributed by atoms with van der Waals surface area (Å²) in [5.41, 5.74) is 3.90. The first-order valence-electron chi connectivity index (χ1n) is 8.21. The number of anilines is 2. The standard InChI is InChI=1S/C20H18N4OS/c1-13-3-8-19(26-15-6-4-14(25)5-7-15)18(11-13)22-17-9-10-21-20-16(17)12-24(2)23-20/h3-12,22,25H,1-2H3. The van der Waals surface area contributed by atoms with Crippen LogP contribution in [0.3, 0.4) is 0 Å². The molecule has 0 aliphatic heterocycles. The van der Waals surface area contributed by atoms with Gasteiger partial charge in [0.2, 0.25) is 0 Å². The summed E-state index contributed by atoms with van der Waals surface area (Å²) in [6.45, 7) is 2.08. The van der Waals surface area contributed by atoms with Crippen LogP contribution in [0.2, 0.25) is 0 Å². The van der Waals surface area contributed by atoms with Crippen molar-refractivity contribution >= 4 is 34.2 Å². The summed E-state index contributed by atoms with van der Waals surface area (Å²) >= 11 is 1.65. The number of aryl methyl sites for hydroxylation is 2. The second kappa shape index (κ2) is 6.72. The van der Waals surface area contributed by atoms with Crippen LogP contribution in [0, 0.1) is 6.92 Å². The number of aromatic hydroxyl groups is 1. The van der Waals surface area contributed by atoms with Gasteiger partial charge in [-0.1, -0.05) is 17.8 Å². The van der Waals surface area contributed by atoms with E-state index >= 15 is 0 Å². The molecule has 2 heterocycles. The minimum absolute atomic E-state index is 0.271. The van der Waals surface area contributed by atoms with E-state index < -0.39 is 0 Å². The van der Waals surface area contributed by atoms with E-state index in [1.807, 2.05) is 31.4 Å². The normalized spacial score (nSPS) is 11.0. The molecule has 0 amide bonds. The number of rotatable bonds is 4. The number of phenols is 1. The largest absolute Gasteiger partial charge is 0.508 e. The Hall–Kier alpha value is -2.99. The first kappa shape index (κ1) is 16.5. The molecule has 0 aliphatic rings. The molecule has 5 nitrogen and oxygen atoms in total. The molecule has 0 spiro atoms. The van der Waals surface area contributed by atoms with E-state index in [0.717, 1.165) is 32.2 Å². The summed E-state index contributed by atoms with van der Waals surface area (Å²) in [5.74, 6) is 0.271. The van der Waals surface area contributed by atoms with Crippen LogP contribution in [0.4, 0.5) is 11.4 Å². The number of hydrogen-bond acceptors (Lipinski definition) is 5. The number of hydrogen-bond donors (Lipinski definition) is 2. The van der Waals surface area contributed by atoms with Gasteiger partial charge in [0.1, 0.15) is 5.75 Å². The maximum absolute atomic E-state index is 9.48. The van der Waals surface area contributed by atoms with Crippen LogP contribution in [0.15, 0.2) is 70.7 Å². The van der Waals surface area contributed by atoms with Crippen molar-refractivity contribution in [2.75, 3.05) is 5.32 Å². The molecule has 0 saturated heterocycles. The molecule has 4 aromatic rings. The number of nitrogens with one attached hydrogen (secondary N) is 1. The van der Waals surface area contributed by atoms with Crippen LogP contribution >= 0.6 is 11.8 Å². The number of benzene rings is 2. The lowest BCUT2D eigenvalue weighted by Crippen LogP contribution is -1.94. The third kappa shape index (κ3) is 3.36. The van der Waals surface area contributed by atoms with Crippen LogP contribution in [-0.4, -0.2) is 19.9 Å². The predicted molar refractivity (Wildman–Crippen MR) is 105 cm³/mol. The molecule has 0 saturated carbocycles. The highest BCUT2D eigenvalue weighted by Gasteiger charge is 2.10. The molecule has 0 radical (unpaired) electrons. The molecule has 6 heteroatoms. The fourth-order valence-corrected chi connectivity index (χ4v) is 3.64. The molecular formula is C20H18N4OS. The Bertz CT molecular complexity index is 1070. The van der Waals surface area contributed by atoms with Crippen LogP contribution in [0.1, 0.15) is 5.56 Å². The number of nitrogens with zero attached hydrogens (tertiary/aromatic N) is 3. The molecule has 130 valence electrons. The Kier molecular flexibility index (Phi) is 4.26. The van der Waals surface area contributed by atoms with Crippen LogP contribution in [0.25, 0.3) is 11.0 Å². The van der Waals surface area contributed by atoms with Gasteiger partial charge in [0.05, 0.1) is 16.8 Å². The van der Waals surface area contributed by atoms with Crippen molar-refractivity contribution in [3.05, 3.63) is 66.5 Å². The van der Waals surface area contributed by atoms with E-state index in [1.165, 1.54) is 5.56 Å². The molecule has 0 unspecified atom stereocenters. The first-order chi connectivity index (χ1) is 12.6. The fraction of sp³-hybridized carbons (Fsp3) is 0.100. The molecule has 2 N–H and O–H groups in total. The molecule has 0 bridgehead atoms. The molecule has 0 aliphatic carbocycles. The quantitative estimate of drug-likeness (QED) is 0.542. The Balaban J connectivity index is 1.71. The molecule has 2 aromatic carbocycles. The summed E-state index contributed by atoms with van der Waals surface area (Å²) in [6, 6.07) is 15.5. The second-order valence-corrected chi connectivity index (χ2v) is 7.23. The van der Waals surface area contributed by atoms with Crippen molar-refractivity contribution in [3.8, 4) is 5.75 Å². The SMILES string of the molecule is Cc1ccc(Sc2ccc(O)cc2)c(Nc2ccnc3nn(C)cc23)c1. The summed E-state index contributed by atoms with van der Waals surface area (Å²) in [4.78, 5) is 6.49. The maximum Gasteiger partial charge on any atom is 0.183 e. The van der Waals surface area contributed by atoms with Crippen LogP contribution in [-0.2, 0) is 7.05 Å². The average Bonchev–Trinajstić information content (AvgIpc) is 3.00. The van der Waals surface area contributed by atoms with Gasteiger partial charge < -0.3 is 10.4 Å². The second-order valence-electron chi connectivity index (χ2n) is 6.12. The minimum atomic E-state index is 0.271. The van der Waals surface area contributed by atoms with Gasteiger partial charge in [0.25, 0.3) is 0 Å². The Morgan fingerprint density at radius 3 is 2.65 bits per heavy atom. The van der Waals surface area contributed by atoms with Gasteiger partial charge in [-0.2, -0.15) is 5.10 Å². The van der Waals surface area contributed by atoms with Gasteiger partial charge in [-0.05, 0) is 55.0 Å². The van der Waals surface area contributed by atoms with E-state index in [9.17, 15) is 5.11 Å². The van der Waals surface area contributed by atoms with Gasteiger partial charge >= 0.3 is 0 Å². The third-order valence-electron chi connectivity index (χ3n) is 4.01. The van der Waals surface area contributed by atoms with E-state index in [1.54, 1.807) is 34.8 Å². The van der Waals surface area contributed by atoms with Gasteiger partial charge in [0.15, 0.2) is 5.65 Å². The maximum atomic E-state index is 9.48. The summed E-state index contributed by atoms with van der Waals surface area (Å²) in [5, 5.41) is 18.4. The monoisotopic (exact) mass is 362 g/mol. The fourth-order valence-electron chi connectivity index (χ4n) is 2.76. The van der Waals surface area contributed by atoms with Crippen molar-refractivity contribution in [1.29, 1.82) is 0 Å². The number of pyridine rings is 1. The zero-order chi connectivity index (χ0) is 18.1. The zero-order valence-electron chi connectivity index (χ0n) is 14.5. The molecule has 2 aromatic heterocycles. The zero-order valence-corrected chi connectivity index (χ0v) is 15.3. The number of aromatic nitrogens is 3. The highest BCUT2D eigenvalue weighted by Crippen LogP contribution is 2.37. The Morgan fingerprint density at radius 1 is 1.04 bits per heavy atom. The highest BCUT2D eigenvalue weighted by atomic mass is 32.2. The van der Waals surface area contributed by atoms with Crippen molar-refractivity contribution in [2.45, 2.75) is 16.7 Å². The minimum Gasteiger partial charge on any atom is -0.508 e. The topological polar surface area (TPSA) is 63.0 Å². The lowest BCUT2D eigenvalue weighted by Gasteiger charge is -2.13. The molecular weight excluding hydrogens is 344 g/mol. The summed E-state index contributed by atoms with van der Waals surface area (Å²) in [6.07, 6.45) is 3.73. The highest BCUT2D eigenvalue weighted by molar-refractivity contribution is 7.99. The summed E-state index contributed by atoms with van der Waals surface area (Å²) in [7, 11) is 1.89. The third-order valence-corrected chi connectivity index (χ3v) is 5.09. The molecule has 4 rings (SSSR count). The van der Waals surface area contributed by atoms with Crippen molar-refractivity contribution < 1.29 is 5.11 Å². The molecule has 0 fully saturated rings. The van der Waals surface area contributed by atoms with Gasteiger partial charge in [-0.3, -0.25) is 4.68 Å². The van der Waals surface area contributed by atoms with E-state index in [-0.39, 0.29) is 5.75 Å². The first-order valence-corrected chi connectivity index (χ1v) is 9.03. The lowest BCUT2D eigenvalue weighted by atomic mass is 10.2. The predicted octanol–water partition coefficient (Wildman–Crippen LogP) is 4.88. The lowest BCUT2D eigenvalue weighted by molar-refractivity contribution is 0.475. The van der Waals surface area contributed by atoms with E-state index in [0.29, 0.717) is 0 Å². The van der Waals surface area contributed by atoms with E-state index in [4.69, 9.17) is 0 Å². The van der Waals surface area contributed by atoms with E-state index in [2.05, 4.69) is 40.5 Å². The van der Waals surface area contributed by atoms with Crippen molar-refractivity contribution in [1.82, 2.24) is 14.8 Å². The Morgan fingerprint density at radius 2 is 1.85 bits per heavy atom. The van der Waals surface area contributed by atoms with Gasteiger partial charge in [-0.25, -0.2) is 4.98 Å². The van der Waals surface area contributed by atoms with Crippen molar-refractivity contribution in [2.24, 2.45) is 7.05 Å². The Labute approximate surface area is 155 Å².